The van der Waals surface area contributed by atoms with Crippen molar-refractivity contribution >= 4 is 34.8 Å². The molecule has 2 amide bonds. The number of rotatable bonds is 6. The number of pyridine rings is 1. The highest BCUT2D eigenvalue weighted by atomic mass is 16.6. The van der Waals surface area contributed by atoms with Gasteiger partial charge in [-0.3, -0.25) is 14.5 Å². The van der Waals surface area contributed by atoms with Crippen molar-refractivity contribution in [1.29, 1.82) is 0 Å². The number of imidazole rings is 1. The first kappa shape index (κ1) is 26.1. The molecule has 1 fully saturated rings. The molecule has 1 aliphatic carbocycles. The Bertz CT molecular complexity index is 1370. The van der Waals surface area contributed by atoms with Crippen LogP contribution in [0.2, 0.25) is 0 Å². The molecule has 0 saturated heterocycles. The molecule has 198 valence electrons. The minimum absolute atomic E-state index is 0.0258. The molecule has 1 saturated carbocycles. The van der Waals surface area contributed by atoms with Crippen molar-refractivity contribution in [2.24, 2.45) is 5.73 Å². The lowest BCUT2D eigenvalue weighted by Gasteiger charge is -2.29. The zero-order valence-electron chi connectivity index (χ0n) is 21.7. The Labute approximate surface area is 214 Å². The summed E-state index contributed by atoms with van der Waals surface area (Å²) < 4.78 is 13.9. The van der Waals surface area contributed by atoms with Crippen molar-refractivity contribution in [3.63, 3.8) is 0 Å². The van der Waals surface area contributed by atoms with Gasteiger partial charge in [-0.1, -0.05) is 0 Å². The molecule has 12 nitrogen and oxygen atoms in total. The van der Waals surface area contributed by atoms with Crippen molar-refractivity contribution in [2.75, 3.05) is 24.4 Å². The number of primary amides is 1. The lowest BCUT2D eigenvalue weighted by atomic mass is 9.92. The smallest absolute Gasteiger partial charge is 0.414 e. The first-order valence-corrected chi connectivity index (χ1v) is 12.1. The third-order valence-corrected chi connectivity index (χ3v) is 6.34. The van der Waals surface area contributed by atoms with Gasteiger partial charge in [0.2, 0.25) is 0 Å². The van der Waals surface area contributed by atoms with Crippen LogP contribution >= 0.6 is 0 Å². The zero-order valence-corrected chi connectivity index (χ0v) is 21.7. The molecular weight excluding hydrogens is 478 g/mol. The van der Waals surface area contributed by atoms with Gasteiger partial charge in [-0.25, -0.2) is 14.3 Å². The second kappa shape index (κ2) is 10.2. The summed E-state index contributed by atoms with van der Waals surface area (Å²) in [5, 5.41) is 7.49. The SMILES string of the molecule is CO[C@H]1CC[C@H](n2cccc(Nc3cc(N(C)C(=O)OC(C)(C)C)c4ncc(C(N)=O)n4n3)c2=O)CC1. The fourth-order valence-electron chi connectivity index (χ4n) is 4.45. The third-order valence-electron chi connectivity index (χ3n) is 6.34. The van der Waals surface area contributed by atoms with Crippen LogP contribution < -0.4 is 21.5 Å². The summed E-state index contributed by atoms with van der Waals surface area (Å²) in [5.41, 5.74) is 5.46. The average molecular weight is 512 g/mol. The highest BCUT2D eigenvalue weighted by molar-refractivity contribution is 5.96. The Kier molecular flexibility index (Phi) is 7.21. The monoisotopic (exact) mass is 511 g/mol. The summed E-state index contributed by atoms with van der Waals surface area (Å²) in [7, 11) is 3.24. The number of fused-ring (bicyclic) bond motifs is 1. The predicted molar refractivity (Wildman–Crippen MR) is 138 cm³/mol. The van der Waals surface area contributed by atoms with E-state index >= 15 is 0 Å². The lowest BCUT2D eigenvalue weighted by molar-refractivity contribution is 0.0579. The Morgan fingerprint density at radius 3 is 2.54 bits per heavy atom. The molecule has 0 bridgehead atoms. The minimum atomic E-state index is -0.739. The lowest BCUT2D eigenvalue weighted by Crippen LogP contribution is -2.34. The summed E-state index contributed by atoms with van der Waals surface area (Å²) in [6, 6.07) is 5.09. The van der Waals surface area contributed by atoms with E-state index in [0.717, 1.165) is 25.7 Å². The van der Waals surface area contributed by atoms with E-state index in [2.05, 4.69) is 15.4 Å². The maximum absolute atomic E-state index is 13.4. The number of hydrogen-bond donors (Lipinski definition) is 2. The number of nitrogens with one attached hydrogen (secondary N) is 1. The van der Waals surface area contributed by atoms with Crippen LogP contribution in [0, 0.1) is 0 Å². The number of aromatic nitrogens is 4. The van der Waals surface area contributed by atoms with Gasteiger partial charge in [-0.05, 0) is 58.6 Å². The number of carbonyl (C=O) groups is 2. The van der Waals surface area contributed by atoms with Gasteiger partial charge in [0.1, 0.15) is 17.0 Å². The minimum Gasteiger partial charge on any atom is -0.443 e. The fraction of sp³-hybridized carbons (Fsp3) is 0.480. The number of anilines is 3. The van der Waals surface area contributed by atoms with Crippen LogP contribution in [0.1, 0.15) is 63.0 Å². The highest BCUT2D eigenvalue weighted by Gasteiger charge is 2.26. The molecule has 3 heterocycles. The van der Waals surface area contributed by atoms with E-state index in [-0.39, 0.29) is 34.9 Å². The second-order valence-corrected chi connectivity index (χ2v) is 10.1. The molecule has 4 rings (SSSR count). The van der Waals surface area contributed by atoms with Gasteiger partial charge in [0, 0.05) is 32.5 Å². The maximum atomic E-state index is 13.4. The van der Waals surface area contributed by atoms with E-state index in [1.165, 1.54) is 22.7 Å². The number of methoxy groups -OCH3 is 1. The van der Waals surface area contributed by atoms with Gasteiger partial charge in [-0.15, -0.1) is 5.10 Å². The quantitative estimate of drug-likeness (QED) is 0.513. The molecule has 12 heteroatoms. The van der Waals surface area contributed by atoms with E-state index in [1.54, 1.807) is 56.8 Å². The van der Waals surface area contributed by atoms with E-state index in [4.69, 9.17) is 15.2 Å². The zero-order chi connectivity index (χ0) is 26.9. The predicted octanol–water partition coefficient (Wildman–Crippen LogP) is 3.23. The topological polar surface area (TPSA) is 146 Å². The molecule has 3 aromatic heterocycles. The molecule has 1 aliphatic rings. The van der Waals surface area contributed by atoms with E-state index in [9.17, 15) is 14.4 Å². The van der Waals surface area contributed by atoms with Crippen molar-refractivity contribution in [1.82, 2.24) is 19.2 Å². The van der Waals surface area contributed by atoms with Crippen LogP contribution in [0.5, 0.6) is 0 Å². The Morgan fingerprint density at radius 1 is 1.22 bits per heavy atom. The summed E-state index contributed by atoms with van der Waals surface area (Å²) in [6.45, 7) is 5.28. The number of carbonyl (C=O) groups excluding carboxylic acids is 2. The van der Waals surface area contributed by atoms with Crippen LogP contribution in [0.3, 0.4) is 0 Å². The van der Waals surface area contributed by atoms with Gasteiger partial charge in [0.15, 0.2) is 11.5 Å². The fourth-order valence-corrected chi connectivity index (χ4v) is 4.45. The molecule has 0 radical (unpaired) electrons. The summed E-state index contributed by atoms with van der Waals surface area (Å²) in [4.78, 5) is 43.7. The molecule has 0 atom stereocenters. The molecule has 0 aliphatic heterocycles. The largest absolute Gasteiger partial charge is 0.443 e. The first-order valence-electron chi connectivity index (χ1n) is 12.1. The number of hydrogen-bond acceptors (Lipinski definition) is 8. The van der Waals surface area contributed by atoms with Gasteiger partial charge < -0.3 is 25.1 Å². The highest BCUT2D eigenvalue weighted by Crippen LogP contribution is 2.30. The molecule has 3 aromatic rings. The Morgan fingerprint density at radius 2 is 1.92 bits per heavy atom. The Hall–Kier alpha value is -3.93. The molecule has 0 unspecified atom stereocenters. The third kappa shape index (κ3) is 5.58. The van der Waals surface area contributed by atoms with Crippen LogP contribution in [0.15, 0.2) is 35.4 Å². The molecular formula is C25H33N7O5. The van der Waals surface area contributed by atoms with Gasteiger partial charge >= 0.3 is 6.09 Å². The first-order chi connectivity index (χ1) is 17.5. The molecule has 3 N–H and O–H groups in total. The second-order valence-electron chi connectivity index (χ2n) is 10.1. The van der Waals surface area contributed by atoms with Crippen LogP contribution in [0.25, 0.3) is 5.65 Å². The van der Waals surface area contributed by atoms with Crippen LogP contribution in [-0.4, -0.2) is 57.0 Å². The normalized spacial score (nSPS) is 18.0. The average Bonchev–Trinajstić information content (AvgIpc) is 3.28. The summed E-state index contributed by atoms with van der Waals surface area (Å²) in [5.74, 6) is -0.520. The molecule has 37 heavy (non-hydrogen) atoms. The summed E-state index contributed by atoms with van der Waals surface area (Å²) in [6.07, 6.45) is 6.13. The Balaban J connectivity index is 1.71. The maximum Gasteiger partial charge on any atom is 0.414 e. The molecule has 0 spiro atoms. The van der Waals surface area contributed by atoms with Gasteiger partial charge in [0.05, 0.1) is 18.0 Å². The van der Waals surface area contributed by atoms with Crippen molar-refractivity contribution in [3.8, 4) is 0 Å². The number of nitrogens with two attached hydrogens (primary N) is 1. The van der Waals surface area contributed by atoms with Crippen molar-refractivity contribution < 1.29 is 19.1 Å². The number of nitrogens with zero attached hydrogens (tertiary/aromatic N) is 5. The number of ether oxygens (including phenoxy) is 2. The van der Waals surface area contributed by atoms with E-state index in [1.807, 2.05) is 0 Å². The van der Waals surface area contributed by atoms with E-state index < -0.39 is 17.6 Å². The van der Waals surface area contributed by atoms with Gasteiger partial charge in [-0.2, -0.15) is 0 Å². The summed E-state index contributed by atoms with van der Waals surface area (Å²) >= 11 is 0. The van der Waals surface area contributed by atoms with Crippen LogP contribution in [0.4, 0.5) is 22.0 Å². The standard InChI is InChI=1S/C25H33N7O5/c1-25(2,3)37-24(35)30(4)18-13-20(29-32-19(21(26)33)14-27-22(18)32)28-17-7-6-12-31(23(17)34)15-8-10-16(36-5)11-9-15/h6-7,12-16H,8-11H2,1-5H3,(H2,26,33)(H,28,29)/t15-,16-. The van der Waals surface area contributed by atoms with Crippen molar-refractivity contribution in [3.05, 3.63) is 46.6 Å². The van der Waals surface area contributed by atoms with Crippen LogP contribution in [-0.2, 0) is 9.47 Å². The van der Waals surface area contributed by atoms with E-state index in [0.29, 0.717) is 11.4 Å². The van der Waals surface area contributed by atoms with Gasteiger partial charge in [0.25, 0.3) is 11.5 Å². The number of amides is 2. The molecule has 0 aromatic carbocycles. The van der Waals surface area contributed by atoms with Crippen molar-refractivity contribution in [2.45, 2.75) is 64.2 Å².